The minimum Gasteiger partial charge on any atom is -0.378 e. The Bertz CT molecular complexity index is 702. The fourth-order valence-electron chi connectivity index (χ4n) is 2.11. The molecule has 1 N–H and O–H groups in total. The molecule has 0 heterocycles. The van der Waals surface area contributed by atoms with Gasteiger partial charge in [0.25, 0.3) is 0 Å². The molecule has 0 amide bonds. The third-order valence-corrected chi connectivity index (χ3v) is 5.17. The van der Waals surface area contributed by atoms with Gasteiger partial charge < -0.3 is 9.84 Å². The largest absolute Gasteiger partial charge is 0.420 e. The van der Waals surface area contributed by atoms with Crippen molar-refractivity contribution >= 4 is 10.8 Å². The lowest BCUT2D eigenvalue weighted by atomic mass is 10.1. The van der Waals surface area contributed by atoms with E-state index in [2.05, 4.69) is 0 Å². The van der Waals surface area contributed by atoms with Crippen LogP contribution in [0.15, 0.2) is 59.5 Å². The first-order valence-corrected chi connectivity index (χ1v) is 8.89. The van der Waals surface area contributed by atoms with Gasteiger partial charge in [0.15, 0.2) is 5.60 Å². The van der Waals surface area contributed by atoms with Crippen LogP contribution in [0, 0.1) is 6.92 Å². The molecule has 0 aliphatic rings. The average molecular weight is 372 g/mol. The summed E-state index contributed by atoms with van der Waals surface area (Å²) in [6.07, 6.45) is -4.95. The number of rotatable bonds is 7. The van der Waals surface area contributed by atoms with Crippen LogP contribution in [0.4, 0.5) is 13.2 Å². The monoisotopic (exact) mass is 372 g/mol. The second-order valence-corrected chi connectivity index (χ2v) is 7.26. The SMILES string of the molecule is Cc1ccc([S@](=O)C[C@](O)(COCc2ccccc2)C(F)(F)F)cc1. The first-order valence-electron chi connectivity index (χ1n) is 7.57. The molecule has 0 fully saturated rings. The van der Waals surface area contributed by atoms with Gasteiger partial charge in [-0.3, -0.25) is 4.21 Å². The maximum atomic E-state index is 13.3. The van der Waals surface area contributed by atoms with Crippen LogP contribution in [0.2, 0.25) is 0 Å². The highest BCUT2D eigenvalue weighted by molar-refractivity contribution is 7.85. The van der Waals surface area contributed by atoms with Crippen molar-refractivity contribution in [1.82, 2.24) is 0 Å². The molecule has 0 spiro atoms. The predicted octanol–water partition coefficient (Wildman–Crippen LogP) is 3.61. The van der Waals surface area contributed by atoms with Gasteiger partial charge in [-0.05, 0) is 24.6 Å². The molecular formula is C18H19F3O3S. The molecule has 0 aromatic heterocycles. The number of benzene rings is 2. The van der Waals surface area contributed by atoms with Crippen LogP contribution in [-0.4, -0.2) is 33.5 Å². The van der Waals surface area contributed by atoms with Crippen LogP contribution in [-0.2, 0) is 22.1 Å². The highest BCUT2D eigenvalue weighted by atomic mass is 32.2. The first kappa shape index (κ1) is 19.6. The summed E-state index contributed by atoms with van der Waals surface area (Å²) in [5.41, 5.74) is -1.60. The van der Waals surface area contributed by atoms with Crippen molar-refractivity contribution in [3.63, 3.8) is 0 Å². The quantitative estimate of drug-likeness (QED) is 0.808. The summed E-state index contributed by atoms with van der Waals surface area (Å²) in [4.78, 5) is 0.233. The van der Waals surface area contributed by atoms with E-state index in [9.17, 15) is 22.5 Å². The zero-order valence-electron chi connectivity index (χ0n) is 13.6. The zero-order valence-corrected chi connectivity index (χ0v) is 14.4. The molecule has 2 aromatic carbocycles. The topological polar surface area (TPSA) is 46.5 Å². The number of hydrogen-bond acceptors (Lipinski definition) is 3. The van der Waals surface area contributed by atoms with Crippen molar-refractivity contribution in [1.29, 1.82) is 0 Å². The van der Waals surface area contributed by atoms with E-state index in [0.717, 1.165) is 5.56 Å². The fourth-order valence-corrected chi connectivity index (χ4v) is 3.39. The number of aliphatic hydroxyl groups is 1. The van der Waals surface area contributed by atoms with E-state index in [-0.39, 0.29) is 11.5 Å². The summed E-state index contributed by atoms with van der Waals surface area (Å²) in [5.74, 6) is -0.978. The number of ether oxygens (including phenoxy) is 1. The number of alkyl halides is 3. The number of halogens is 3. The molecule has 0 saturated carbocycles. The van der Waals surface area contributed by atoms with Crippen molar-refractivity contribution in [2.45, 2.75) is 30.2 Å². The van der Waals surface area contributed by atoms with Crippen molar-refractivity contribution in [2.75, 3.05) is 12.4 Å². The van der Waals surface area contributed by atoms with E-state index in [1.807, 2.05) is 6.92 Å². The van der Waals surface area contributed by atoms with E-state index < -0.39 is 34.9 Å². The molecule has 2 rings (SSSR count). The number of aryl methyl sites for hydroxylation is 1. The van der Waals surface area contributed by atoms with Gasteiger partial charge in [0.1, 0.15) is 0 Å². The van der Waals surface area contributed by atoms with Gasteiger partial charge in [-0.1, -0.05) is 48.0 Å². The second-order valence-electron chi connectivity index (χ2n) is 5.81. The Morgan fingerprint density at radius 1 is 1.04 bits per heavy atom. The van der Waals surface area contributed by atoms with E-state index in [0.29, 0.717) is 5.56 Å². The van der Waals surface area contributed by atoms with Gasteiger partial charge in [0, 0.05) is 4.90 Å². The molecule has 0 radical (unpaired) electrons. The van der Waals surface area contributed by atoms with Crippen molar-refractivity contribution in [2.24, 2.45) is 0 Å². The molecule has 0 saturated heterocycles. The third kappa shape index (κ3) is 5.39. The standard InChI is InChI=1S/C18H19F3O3S/c1-14-7-9-16(10-8-14)25(23)13-17(22,18(19,20)21)12-24-11-15-5-3-2-4-6-15/h2-10,22H,11-13H2,1H3/t17-,25-/m1/s1. The summed E-state index contributed by atoms with van der Waals surface area (Å²) in [7, 11) is -2.01. The van der Waals surface area contributed by atoms with Gasteiger partial charge in [-0.15, -0.1) is 0 Å². The lowest BCUT2D eigenvalue weighted by molar-refractivity contribution is -0.266. The molecule has 136 valence electrons. The molecule has 2 aromatic rings. The van der Waals surface area contributed by atoms with Gasteiger partial charge in [0.05, 0.1) is 29.8 Å². The highest BCUT2D eigenvalue weighted by Crippen LogP contribution is 2.32. The average Bonchev–Trinajstić information content (AvgIpc) is 2.55. The summed E-state index contributed by atoms with van der Waals surface area (Å²) in [6.45, 7) is 0.759. The Labute approximate surface area is 146 Å². The van der Waals surface area contributed by atoms with E-state index >= 15 is 0 Å². The fraction of sp³-hybridized carbons (Fsp3) is 0.333. The van der Waals surface area contributed by atoms with Crippen LogP contribution < -0.4 is 0 Å². The lowest BCUT2D eigenvalue weighted by Crippen LogP contribution is -2.53. The lowest BCUT2D eigenvalue weighted by Gasteiger charge is -2.29. The van der Waals surface area contributed by atoms with Crippen LogP contribution in [0.1, 0.15) is 11.1 Å². The summed E-state index contributed by atoms with van der Waals surface area (Å²) >= 11 is 0. The molecular weight excluding hydrogens is 353 g/mol. The van der Waals surface area contributed by atoms with Crippen molar-refractivity contribution in [3.05, 3.63) is 65.7 Å². The number of hydrogen-bond donors (Lipinski definition) is 1. The van der Waals surface area contributed by atoms with Gasteiger partial charge in [-0.2, -0.15) is 13.2 Å². The molecule has 0 bridgehead atoms. The molecule has 2 atom stereocenters. The molecule has 0 unspecified atom stereocenters. The van der Waals surface area contributed by atoms with E-state index in [1.54, 1.807) is 42.5 Å². The molecule has 7 heteroatoms. The Kier molecular flexibility index (Phi) is 6.37. The summed E-state index contributed by atoms with van der Waals surface area (Å²) in [5, 5.41) is 10.1. The maximum Gasteiger partial charge on any atom is 0.420 e. The third-order valence-electron chi connectivity index (χ3n) is 3.63. The Balaban J connectivity index is 2.06. The predicted molar refractivity (Wildman–Crippen MR) is 89.6 cm³/mol. The van der Waals surface area contributed by atoms with Crippen LogP contribution in [0.5, 0.6) is 0 Å². The van der Waals surface area contributed by atoms with Crippen molar-refractivity contribution in [3.8, 4) is 0 Å². The smallest absolute Gasteiger partial charge is 0.378 e. The summed E-state index contributed by atoms with van der Waals surface area (Å²) in [6, 6.07) is 15.0. The van der Waals surface area contributed by atoms with Crippen LogP contribution >= 0.6 is 0 Å². The minimum absolute atomic E-state index is 0.0730. The first-order chi connectivity index (χ1) is 11.7. The van der Waals surface area contributed by atoms with E-state index in [1.165, 1.54) is 12.1 Å². The Morgan fingerprint density at radius 2 is 1.64 bits per heavy atom. The van der Waals surface area contributed by atoms with Gasteiger partial charge in [0.2, 0.25) is 0 Å². The molecule has 25 heavy (non-hydrogen) atoms. The highest BCUT2D eigenvalue weighted by Gasteiger charge is 2.55. The zero-order chi connectivity index (χ0) is 18.5. The molecule has 0 aliphatic heterocycles. The minimum atomic E-state index is -4.95. The van der Waals surface area contributed by atoms with Gasteiger partial charge in [-0.25, -0.2) is 0 Å². The van der Waals surface area contributed by atoms with Crippen LogP contribution in [0.3, 0.4) is 0 Å². The van der Waals surface area contributed by atoms with E-state index in [4.69, 9.17) is 4.74 Å². The van der Waals surface area contributed by atoms with Crippen molar-refractivity contribution < 1.29 is 27.2 Å². The Morgan fingerprint density at radius 3 is 2.20 bits per heavy atom. The molecule has 0 aliphatic carbocycles. The molecule has 3 nitrogen and oxygen atoms in total. The Hall–Kier alpha value is -1.70. The van der Waals surface area contributed by atoms with Crippen LogP contribution in [0.25, 0.3) is 0 Å². The summed E-state index contributed by atoms with van der Waals surface area (Å²) < 4.78 is 57.2. The second kappa shape index (κ2) is 8.12. The normalized spacial score (nSPS) is 15.6. The maximum absolute atomic E-state index is 13.3. The van der Waals surface area contributed by atoms with Gasteiger partial charge >= 0.3 is 6.18 Å².